The molecule has 1 amide bonds. The van der Waals surface area contributed by atoms with Crippen LogP contribution in [0.5, 0.6) is 0 Å². The highest BCUT2D eigenvalue weighted by Gasteiger charge is 2.37. The van der Waals surface area contributed by atoms with Crippen molar-refractivity contribution < 1.29 is 19.5 Å². The van der Waals surface area contributed by atoms with E-state index in [2.05, 4.69) is 15.3 Å². The molecule has 20 heavy (non-hydrogen) atoms. The maximum absolute atomic E-state index is 11.3. The summed E-state index contributed by atoms with van der Waals surface area (Å²) in [6.07, 6.45) is 0.0193. The standard InChI is InChI=1S/C12H14N4O4/c1-9-13-8-14-12(15-9,19-2)20-16(11(17)18)10-6-4-3-5-7-10/h3-8H,1-2H3,(H,17,18)(H,13,14,15). The Balaban J connectivity index is 2.30. The Kier molecular flexibility index (Phi) is 3.97. The molecular weight excluding hydrogens is 264 g/mol. The van der Waals surface area contributed by atoms with E-state index >= 15 is 0 Å². The van der Waals surface area contributed by atoms with Crippen LogP contribution in [0.3, 0.4) is 0 Å². The number of anilines is 1. The Morgan fingerprint density at radius 1 is 1.40 bits per heavy atom. The van der Waals surface area contributed by atoms with Crippen LogP contribution in [-0.2, 0) is 9.57 Å². The molecule has 8 heteroatoms. The number of hydroxylamine groups is 1. The molecule has 0 aliphatic carbocycles. The van der Waals surface area contributed by atoms with Gasteiger partial charge < -0.3 is 15.2 Å². The van der Waals surface area contributed by atoms with Crippen LogP contribution in [0.4, 0.5) is 10.5 Å². The molecule has 1 unspecified atom stereocenters. The normalized spacial score (nSPS) is 21.0. The van der Waals surface area contributed by atoms with E-state index in [1.165, 1.54) is 13.4 Å². The van der Waals surface area contributed by atoms with Crippen LogP contribution in [-0.4, -0.2) is 36.5 Å². The second-order valence-electron chi connectivity index (χ2n) is 3.86. The van der Waals surface area contributed by atoms with Crippen LogP contribution in [0, 0.1) is 0 Å². The molecule has 0 saturated heterocycles. The summed E-state index contributed by atoms with van der Waals surface area (Å²) in [7, 11) is 1.32. The van der Waals surface area contributed by atoms with Crippen LogP contribution in [0.2, 0.25) is 0 Å². The Morgan fingerprint density at radius 2 is 2.10 bits per heavy atom. The molecule has 2 rings (SSSR count). The molecule has 1 atom stereocenters. The highest BCUT2D eigenvalue weighted by Crippen LogP contribution is 2.24. The molecule has 1 aliphatic heterocycles. The second kappa shape index (κ2) is 5.68. The number of methoxy groups -OCH3 is 1. The molecule has 0 fully saturated rings. The minimum Gasteiger partial charge on any atom is -0.463 e. The average molecular weight is 278 g/mol. The Bertz CT molecular complexity index is 546. The number of nitrogens with zero attached hydrogens (tertiary/aromatic N) is 3. The third-order valence-electron chi connectivity index (χ3n) is 2.45. The van der Waals surface area contributed by atoms with E-state index in [1.807, 2.05) is 0 Å². The van der Waals surface area contributed by atoms with Crippen LogP contribution >= 0.6 is 0 Å². The van der Waals surface area contributed by atoms with Gasteiger partial charge >= 0.3 is 12.1 Å². The van der Waals surface area contributed by atoms with Gasteiger partial charge in [-0.15, -0.1) is 5.06 Å². The molecule has 2 N–H and O–H groups in total. The predicted octanol–water partition coefficient (Wildman–Crippen LogP) is 1.41. The lowest BCUT2D eigenvalue weighted by Crippen LogP contribution is -2.46. The zero-order chi connectivity index (χ0) is 14.6. The van der Waals surface area contributed by atoms with Crippen molar-refractivity contribution in [3.63, 3.8) is 0 Å². The van der Waals surface area contributed by atoms with Gasteiger partial charge in [0.05, 0.1) is 12.0 Å². The molecule has 0 spiro atoms. The lowest BCUT2D eigenvalue weighted by atomic mass is 10.3. The van der Waals surface area contributed by atoms with Crippen molar-refractivity contribution in [1.82, 2.24) is 5.32 Å². The number of nitrogens with one attached hydrogen (secondary N) is 1. The van der Waals surface area contributed by atoms with Crippen LogP contribution < -0.4 is 10.4 Å². The quantitative estimate of drug-likeness (QED) is 0.641. The molecule has 106 valence electrons. The zero-order valence-electron chi connectivity index (χ0n) is 11.0. The van der Waals surface area contributed by atoms with Crippen molar-refractivity contribution >= 4 is 24.0 Å². The maximum atomic E-state index is 11.3. The molecule has 0 saturated carbocycles. The summed E-state index contributed by atoms with van der Waals surface area (Å²) < 4.78 is 5.10. The van der Waals surface area contributed by atoms with Gasteiger partial charge in [0, 0.05) is 7.11 Å². The van der Waals surface area contributed by atoms with Crippen molar-refractivity contribution in [2.75, 3.05) is 12.2 Å². The summed E-state index contributed by atoms with van der Waals surface area (Å²) in [5, 5.41) is 12.7. The van der Waals surface area contributed by atoms with Crippen molar-refractivity contribution in [1.29, 1.82) is 0 Å². The Morgan fingerprint density at radius 3 is 2.65 bits per heavy atom. The van der Waals surface area contributed by atoms with Crippen molar-refractivity contribution in [3.05, 3.63) is 30.3 Å². The molecule has 1 aromatic carbocycles. The van der Waals surface area contributed by atoms with Gasteiger partial charge in [0.1, 0.15) is 5.84 Å². The number of rotatable bonds is 4. The first-order valence-electron chi connectivity index (χ1n) is 5.75. The monoisotopic (exact) mass is 278 g/mol. The highest BCUT2D eigenvalue weighted by molar-refractivity contribution is 5.91. The number of aliphatic imine (C=N–C) groups is 2. The largest absolute Gasteiger partial charge is 0.463 e. The summed E-state index contributed by atoms with van der Waals surface area (Å²) >= 11 is 0. The van der Waals surface area contributed by atoms with Gasteiger partial charge in [0.25, 0.3) is 0 Å². The zero-order valence-corrected chi connectivity index (χ0v) is 11.0. The summed E-state index contributed by atoms with van der Waals surface area (Å²) in [4.78, 5) is 24.6. The number of para-hydroxylation sites is 1. The number of hydrogen-bond donors (Lipinski definition) is 2. The van der Waals surface area contributed by atoms with E-state index < -0.39 is 12.1 Å². The maximum Gasteiger partial charge on any atom is 0.436 e. The van der Waals surface area contributed by atoms with E-state index in [9.17, 15) is 9.90 Å². The van der Waals surface area contributed by atoms with Crippen molar-refractivity contribution in [2.45, 2.75) is 13.0 Å². The van der Waals surface area contributed by atoms with Gasteiger partial charge in [-0.25, -0.2) is 4.79 Å². The fourth-order valence-corrected chi connectivity index (χ4v) is 1.54. The number of ether oxygens (including phenoxy) is 1. The molecule has 0 radical (unpaired) electrons. The number of carbonyl (C=O) groups is 1. The number of carboxylic acid groups (broad SMARTS) is 1. The van der Waals surface area contributed by atoms with Crippen LogP contribution in [0.1, 0.15) is 6.92 Å². The summed E-state index contributed by atoms with van der Waals surface area (Å²) in [5.74, 6) is 0.486. The average Bonchev–Trinajstić information content (AvgIpc) is 2.45. The van der Waals surface area contributed by atoms with Crippen LogP contribution in [0.25, 0.3) is 0 Å². The fourth-order valence-electron chi connectivity index (χ4n) is 1.54. The molecule has 1 aromatic rings. The Hall–Kier alpha value is -2.45. The molecule has 0 bridgehead atoms. The van der Waals surface area contributed by atoms with Gasteiger partial charge in [-0.05, 0) is 19.1 Å². The van der Waals surface area contributed by atoms with E-state index in [1.54, 1.807) is 37.3 Å². The lowest BCUT2D eigenvalue weighted by Gasteiger charge is -2.30. The van der Waals surface area contributed by atoms with E-state index in [-0.39, 0.29) is 0 Å². The number of hydrogen-bond acceptors (Lipinski definition) is 6. The van der Waals surface area contributed by atoms with E-state index in [4.69, 9.17) is 9.57 Å². The second-order valence-corrected chi connectivity index (χ2v) is 3.86. The SMILES string of the molecule is COC1(ON(C(=O)O)c2ccccc2)N=CNC(C)=N1. The summed E-state index contributed by atoms with van der Waals surface area (Å²) in [5.41, 5.74) is 0.318. The number of benzene rings is 1. The first-order valence-corrected chi connectivity index (χ1v) is 5.75. The van der Waals surface area contributed by atoms with Crippen molar-refractivity contribution in [2.24, 2.45) is 9.98 Å². The molecule has 8 nitrogen and oxygen atoms in total. The first kappa shape index (κ1) is 14.0. The van der Waals surface area contributed by atoms with Gasteiger partial charge in [-0.2, -0.15) is 14.8 Å². The first-order chi connectivity index (χ1) is 9.56. The fraction of sp³-hybridized carbons (Fsp3) is 0.250. The van der Waals surface area contributed by atoms with Gasteiger partial charge in [0.15, 0.2) is 0 Å². The predicted molar refractivity (Wildman–Crippen MR) is 72.5 cm³/mol. The van der Waals surface area contributed by atoms with E-state index in [0.717, 1.165) is 0 Å². The number of amides is 1. The smallest absolute Gasteiger partial charge is 0.436 e. The van der Waals surface area contributed by atoms with Gasteiger partial charge in [-0.3, -0.25) is 0 Å². The van der Waals surface area contributed by atoms with E-state index in [0.29, 0.717) is 16.6 Å². The topological polar surface area (TPSA) is 95.8 Å². The van der Waals surface area contributed by atoms with Crippen LogP contribution in [0.15, 0.2) is 40.3 Å². The van der Waals surface area contributed by atoms with Crippen molar-refractivity contribution in [3.8, 4) is 0 Å². The summed E-state index contributed by atoms with van der Waals surface area (Å²) in [6, 6.07) is 6.55. The summed E-state index contributed by atoms with van der Waals surface area (Å²) in [6.45, 7) is 1.68. The third kappa shape index (κ3) is 2.92. The van der Waals surface area contributed by atoms with Gasteiger partial charge in [-0.1, -0.05) is 18.2 Å². The molecule has 0 aromatic heterocycles. The lowest BCUT2D eigenvalue weighted by molar-refractivity contribution is -0.213. The van der Waals surface area contributed by atoms with Gasteiger partial charge in [0.2, 0.25) is 0 Å². The minimum atomic E-state index is -1.76. The molecular formula is C12H14N4O4. The third-order valence-corrected chi connectivity index (χ3v) is 2.45. The Labute approximate surface area is 115 Å². The molecule has 1 aliphatic rings. The molecule has 1 heterocycles. The number of amidine groups is 1. The minimum absolute atomic E-state index is 0.318. The highest BCUT2D eigenvalue weighted by atomic mass is 16.8.